The summed E-state index contributed by atoms with van der Waals surface area (Å²) in [4.78, 5) is 27.0. The first kappa shape index (κ1) is 16.6. The van der Waals surface area contributed by atoms with Gasteiger partial charge in [-0.1, -0.05) is 12.8 Å². The van der Waals surface area contributed by atoms with Gasteiger partial charge in [0.15, 0.2) is 5.13 Å². The zero-order valence-corrected chi connectivity index (χ0v) is 14.6. The standard InChI is InChI=1S/C15H20N6O2S/c1-10-11(2)24-15(18-10)19-13-12(21(22)23)14(17-9-16-13)20-7-5-3-4-6-8-20/h9H,3-8H2,1-2H3,(H,16,17,18,19). The summed E-state index contributed by atoms with van der Waals surface area (Å²) in [7, 11) is 0. The molecule has 0 unspecified atom stereocenters. The van der Waals surface area contributed by atoms with Gasteiger partial charge in [-0.3, -0.25) is 10.1 Å². The fourth-order valence-electron chi connectivity index (χ4n) is 2.77. The van der Waals surface area contributed by atoms with E-state index in [-0.39, 0.29) is 11.5 Å². The van der Waals surface area contributed by atoms with Crippen LogP contribution < -0.4 is 10.2 Å². The van der Waals surface area contributed by atoms with Crippen molar-refractivity contribution in [3.8, 4) is 0 Å². The van der Waals surface area contributed by atoms with Gasteiger partial charge in [-0.25, -0.2) is 15.0 Å². The summed E-state index contributed by atoms with van der Waals surface area (Å²) in [6.45, 7) is 5.45. The minimum absolute atomic E-state index is 0.0788. The third-order valence-corrected chi connectivity index (χ3v) is 5.13. The number of anilines is 3. The number of rotatable bonds is 4. The van der Waals surface area contributed by atoms with Gasteiger partial charge in [0.05, 0.1) is 10.6 Å². The van der Waals surface area contributed by atoms with Crippen molar-refractivity contribution in [2.75, 3.05) is 23.3 Å². The minimum Gasteiger partial charge on any atom is -0.351 e. The van der Waals surface area contributed by atoms with E-state index in [9.17, 15) is 10.1 Å². The topological polar surface area (TPSA) is 97.1 Å². The fourth-order valence-corrected chi connectivity index (χ4v) is 3.58. The van der Waals surface area contributed by atoms with Gasteiger partial charge in [0, 0.05) is 18.0 Å². The van der Waals surface area contributed by atoms with Crippen LogP contribution in [0.1, 0.15) is 36.3 Å². The van der Waals surface area contributed by atoms with Crippen LogP contribution in [0, 0.1) is 24.0 Å². The van der Waals surface area contributed by atoms with Gasteiger partial charge in [-0.05, 0) is 26.7 Å². The summed E-state index contributed by atoms with van der Waals surface area (Å²) in [6.07, 6.45) is 5.72. The molecule has 0 amide bonds. The van der Waals surface area contributed by atoms with Gasteiger partial charge in [0.1, 0.15) is 6.33 Å². The Labute approximate surface area is 144 Å². The maximum Gasteiger partial charge on any atom is 0.353 e. The molecule has 128 valence electrons. The quantitative estimate of drug-likeness (QED) is 0.666. The molecule has 0 aromatic carbocycles. The van der Waals surface area contributed by atoms with Crippen LogP contribution in [0.25, 0.3) is 0 Å². The predicted molar refractivity (Wildman–Crippen MR) is 94.2 cm³/mol. The number of aromatic nitrogens is 3. The second-order valence-electron chi connectivity index (χ2n) is 5.84. The number of thiazole rings is 1. The first-order valence-electron chi connectivity index (χ1n) is 8.01. The molecule has 1 fully saturated rings. The summed E-state index contributed by atoms with van der Waals surface area (Å²) >= 11 is 1.46. The maximum absolute atomic E-state index is 11.7. The van der Waals surface area contributed by atoms with Crippen LogP contribution in [0.2, 0.25) is 0 Å². The van der Waals surface area contributed by atoms with Crippen LogP contribution in [0.5, 0.6) is 0 Å². The lowest BCUT2D eigenvalue weighted by molar-refractivity contribution is -0.383. The number of hydrogen-bond donors (Lipinski definition) is 1. The van der Waals surface area contributed by atoms with Gasteiger partial charge in [-0.15, -0.1) is 11.3 Å². The number of aryl methyl sites for hydroxylation is 2. The Morgan fingerprint density at radius 3 is 2.50 bits per heavy atom. The smallest absolute Gasteiger partial charge is 0.351 e. The van der Waals surface area contributed by atoms with E-state index in [0.717, 1.165) is 49.3 Å². The van der Waals surface area contributed by atoms with Crippen LogP contribution >= 0.6 is 11.3 Å². The highest BCUT2D eigenvalue weighted by Gasteiger charge is 2.28. The molecule has 9 heteroatoms. The van der Waals surface area contributed by atoms with Crippen molar-refractivity contribution in [1.82, 2.24) is 15.0 Å². The molecule has 0 atom stereocenters. The Morgan fingerprint density at radius 1 is 1.21 bits per heavy atom. The number of nitro groups is 1. The Morgan fingerprint density at radius 2 is 1.92 bits per heavy atom. The van der Waals surface area contributed by atoms with E-state index >= 15 is 0 Å². The van der Waals surface area contributed by atoms with Gasteiger partial charge >= 0.3 is 5.69 Å². The molecule has 3 rings (SSSR count). The summed E-state index contributed by atoms with van der Waals surface area (Å²) in [5.41, 5.74) is 0.830. The van der Waals surface area contributed by atoms with Gasteiger partial charge < -0.3 is 10.2 Å². The second-order valence-corrected chi connectivity index (χ2v) is 7.04. The van der Waals surface area contributed by atoms with Gasteiger partial charge in [0.2, 0.25) is 11.6 Å². The molecule has 1 saturated heterocycles. The van der Waals surface area contributed by atoms with Crippen LogP contribution in [0.3, 0.4) is 0 Å². The Balaban J connectivity index is 1.96. The average Bonchev–Trinajstić information content (AvgIpc) is 2.76. The first-order valence-corrected chi connectivity index (χ1v) is 8.83. The molecule has 0 radical (unpaired) electrons. The van der Waals surface area contributed by atoms with Crippen molar-refractivity contribution in [2.24, 2.45) is 0 Å². The highest BCUT2D eigenvalue weighted by Crippen LogP contribution is 2.35. The zero-order chi connectivity index (χ0) is 17.1. The van der Waals surface area contributed by atoms with Crippen LogP contribution in [0.4, 0.5) is 22.5 Å². The lowest BCUT2D eigenvalue weighted by atomic mass is 10.2. The normalized spacial score (nSPS) is 15.2. The van der Waals surface area contributed by atoms with E-state index < -0.39 is 4.92 Å². The van der Waals surface area contributed by atoms with Crippen LogP contribution in [0.15, 0.2) is 6.33 Å². The molecule has 2 aromatic heterocycles. The molecule has 2 aromatic rings. The van der Waals surface area contributed by atoms with E-state index in [4.69, 9.17) is 0 Å². The van der Waals surface area contributed by atoms with Crippen molar-refractivity contribution in [3.05, 3.63) is 27.0 Å². The monoisotopic (exact) mass is 348 g/mol. The van der Waals surface area contributed by atoms with E-state index in [1.54, 1.807) is 0 Å². The zero-order valence-electron chi connectivity index (χ0n) is 13.8. The van der Waals surface area contributed by atoms with Crippen LogP contribution in [-0.2, 0) is 0 Å². The minimum atomic E-state index is -0.407. The Hall–Kier alpha value is -2.29. The highest BCUT2D eigenvalue weighted by molar-refractivity contribution is 7.15. The molecule has 1 aliphatic rings. The molecule has 1 aliphatic heterocycles. The SMILES string of the molecule is Cc1nc(Nc2ncnc(N3CCCCCC3)c2[N+](=O)[O-])sc1C. The summed E-state index contributed by atoms with van der Waals surface area (Å²) in [5.74, 6) is 0.590. The fraction of sp³-hybridized carbons (Fsp3) is 0.533. The lowest BCUT2D eigenvalue weighted by Gasteiger charge is -2.21. The van der Waals surface area contributed by atoms with E-state index in [1.807, 2.05) is 18.7 Å². The molecule has 0 bridgehead atoms. The first-order chi connectivity index (χ1) is 11.6. The van der Waals surface area contributed by atoms with Crippen molar-refractivity contribution < 1.29 is 4.92 Å². The largest absolute Gasteiger partial charge is 0.353 e. The molecule has 0 spiro atoms. The Bertz CT molecular complexity index is 720. The predicted octanol–water partition coefficient (Wildman–Crippen LogP) is 3.58. The summed E-state index contributed by atoms with van der Waals surface area (Å²) in [5, 5.41) is 15.3. The van der Waals surface area contributed by atoms with Crippen molar-refractivity contribution in [2.45, 2.75) is 39.5 Å². The van der Waals surface area contributed by atoms with Gasteiger partial charge in [-0.2, -0.15) is 0 Å². The third-order valence-electron chi connectivity index (χ3n) is 4.14. The number of nitrogens with zero attached hydrogens (tertiary/aromatic N) is 5. The number of nitrogens with one attached hydrogen (secondary N) is 1. The number of hydrogen-bond acceptors (Lipinski definition) is 8. The third kappa shape index (κ3) is 3.45. The summed E-state index contributed by atoms with van der Waals surface area (Å²) in [6, 6.07) is 0. The van der Waals surface area contributed by atoms with Crippen molar-refractivity contribution >= 4 is 33.8 Å². The van der Waals surface area contributed by atoms with Gasteiger partial charge in [0.25, 0.3) is 0 Å². The molecule has 0 aliphatic carbocycles. The molecule has 0 saturated carbocycles. The molecule has 3 heterocycles. The Kier molecular flexibility index (Phi) is 4.89. The van der Waals surface area contributed by atoms with Crippen molar-refractivity contribution in [1.29, 1.82) is 0 Å². The molecule has 8 nitrogen and oxygen atoms in total. The molecular formula is C15H20N6O2S. The molecule has 1 N–H and O–H groups in total. The second kappa shape index (κ2) is 7.08. The highest BCUT2D eigenvalue weighted by atomic mass is 32.1. The summed E-state index contributed by atoms with van der Waals surface area (Å²) < 4.78 is 0. The van der Waals surface area contributed by atoms with E-state index in [0.29, 0.717) is 10.9 Å². The van der Waals surface area contributed by atoms with Crippen LogP contribution in [-0.4, -0.2) is 33.0 Å². The van der Waals surface area contributed by atoms with E-state index in [2.05, 4.69) is 20.3 Å². The van der Waals surface area contributed by atoms with Crippen molar-refractivity contribution in [3.63, 3.8) is 0 Å². The lowest BCUT2D eigenvalue weighted by Crippen LogP contribution is -2.26. The average molecular weight is 348 g/mol. The molecular weight excluding hydrogens is 328 g/mol. The maximum atomic E-state index is 11.7. The van der Waals surface area contributed by atoms with E-state index in [1.165, 1.54) is 17.7 Å². The molecule has 24 heavy (non-hydrogen) atoms.